The lowest BCUT2D eigenvalue weighted by Gasteiger charge is -2.26. The van der Waals surface area contributed by atoms with Crippen LogP contribution in [0.3, 0.4) is 0 Å². The smallest absolute Gasteiger partial charge is 0.0200 e. The molecule has 0 aliphatic carbocycles. The third-order valence-corrected chi connectivity index (χ3v) is 1.94. The van der Waals surface area contributed by atoms with E-state index in [0.717, 1.165) is 19.6 Å². The Morgan fingerprint density at radius 3 is 2.00 bits per heavy atom. The Morgan fingerprint density at radius 1 is 1.08 bits per heavy atom. The fourth-order valence-electron chi connectivity index (χ4n) is 1.40. The van der Waals surface area contributed by atoms with Gasteiger partial charge in [0.1, 0.15) is 0 Å². The molecule has 13 heavy (non-hydrogen) atoms. The van der Waals surface area contributed by atoms with Gasteiger partial charge in [0.25, 0.3) is 0 Å². The first-order valence-corrected chi connectivity index (χ1v) is 5.31. The fraction of sp³-hybridized carbons (Fsp3) is 1.00. The average molecular weight is 204 g/mol. The van der Waals surface area contributed by atoms with Crippen molar-refractivity contribution in [3.8, 4) is 0 Å². The molecule has 0 rings (SSSR count). The van der Waals surface area contributed by atoms with Crippen molar-refractivity contribution < 1.29 is 0 Å². The molecular weight excluding hydrogens is 180 g/mol. The van der Waals surface area contributed by atoms with E-state index in [0.29, 0.717) is 0 Å². The molecule has 0 aromatic heterocycles. The summed E-state index contributed by atoms with van der Waals surface area (Å²) in [4.78, 5) is 4.57. The second kappa shape index (κ2) is 5.89. The highest BCUT2D eigenvalue weighted by atomic mass is 32.1. The molecular formula is C10H24N2S. The van der Waals surface area contributed by atoms with Crippen molar-refractivity contribution in [2.75, 3.05) is 40.8 Å². The van der Waals surface area contributed by atoms with E-state index in [1.165, 1.54) is 6.42 Å². The van der Waals surface area contributed by atoms with Crippen LogP contribution < -0.4 is 0 Å². The molecule has 0 atom stereocenters. The van der Waals surface area contributed by atoms with E-state index in [4.69, 9.17) is 0 Å². The molecule has 0 aliphatic heterocycles. The average Bonchev–Trinajstić information content (AvgIpc) is 1.81. The maximum atomic E-state index is 4.50. The summed E-state index contributed by atoms with van der Waals surface area (Å²) in [6.45, 7) is 7.67. The van der Waals surface area contributed by atoms with Crippen LogP contribution in [0.4, 0.5) is 0 Å². The highest BCUT2D eigenvalue weighted by molar-refractivity contribution is 7.81. The summed E-state index contributed by atoms with van der Waals surface area (Å²) in [5, 5.41) is 0. The molecule has 0 fully saturated rings. The largest absolute Gasteiger partial charge is 0.309 e. The first kappa shape index (κ1) is 13.3. The lowest BCUT2D eigenvalue weighted by molar-refractivity contribution is 0.285. The molecule has 0 bridgehead atoms. The summed E-state index contributed by atoms with van der Waals surface area (Å²) < 4.78 is 0.118. The van der Waals surface area contributed by atoms with Crippen molar-refractivity contribution in [1.29, 1.82) is 0 Å². The molecule has 80 valence electrons. The predicted molar refractivity (Wildman–Crippen MR) is 63.7 cm³/mol. The van der Waals surface area contributed by atoms with E-state index < -0.39 is 0 Å². The molecule has 3 heteroatoms. The van der Waals surface area contributed by atoms with Crippen LogP contribution in [0.25, 0.3) is 0 Å². The van der Waals surface area contributed by atoms with E-state index in [9.17, 15) is 0 Å². The third kappa shape index (κ3) is 10.2. The zero-order chi connectivity index (χ0) is 10.5. The van der Waals surface area contributed by atoms with Gasteiger partial charge in [-0.3, -0.25) is 0 Å². The van der Waals surface area contributed by atoms with E-state index in [-0.39, 0.29) is 4.75 Å². The van der Waals surface area contributed by atoms with Crippen molar-refractivity contribution in [1.82, 2.24) is 9.80 Å². The zero-order valence-corrected chi connectivity index (χ0v) is 10.6. The van der Waals surface area contributed by atoms with Gasteiger partial charge in [-0.2, -0.15) is 12.6 Å². The van der Waals surface area contributed by atoms with E-state index in [1.807, 2.05) is 0 Å². The van der Waals surface area contributed by atoms with Gasteiger partial charge in [0.05, 0.1) is 0 Å². The molecule has 0 heterocycles. The first-order valence-electron chi connectivity index (χ1n) is 4.87. The SMILES string of the molecule is CN(C)CCCN(C)CC(C)(C)S. The van der Waals surface area contributed by atoms with Crippen LogP contribution in [0.1, 0.15) is 20.3 Å². The second-order valence-corrected chi connectivity index (χ2v) is 5.92. The van der Waals surface area contributed by atoms with Crippen LogP contribution >= 0.6 is 12.6 Å². The van der Waals surface area contributed by atoms with E-state index in [2.05, 4.69) is 57.4 Å². The molecule has 0 unspecified atom stereocenters. The minimum absolute atomic E-state index is 0.118. The van der Waals surface area contributed by atoms with Gasteiger partial charge in [-0.1, -0.05) is 0 Å². The van der Waals surface area contributed by atoms with Crippen molar-refractivity contribution in [2.24, 2.45) is 0 Å². The zero-order valence-electron chi connectivity index (χ0n) is 9.67. The summed E-state index contributed by atoms with van der Waals surface area (Å²) in [7, 11) is 6.39. The molecule has 2 nitrogen and oxygen atoms in total. The summed E-state index contributed by atoms with van der Waals surface area (Å²) >= 11 is 4.50. The Hall–Kier alpha value is 0.270. The number of rotatable bonds is 6. The standard InChI is InChI=1S/C10H24N2S/c1-10(2,13)9-12(5)8-6-7-11(3)4/h13H,6-9H2,1-5H3. The van der Waals surface area contributed by atoms with Crippen molar-refractivity contribution in [2.45, 2.75) is 25.0 Å². The first-order chi connectivity index (χ1) is 5.81. The number of hydrogen-bond acceptors (Lipinski definition) is 3. The number of nitrogens with zero attached hydrogens (tertiary/aromatic N) is 2. The topological polar surface area (TPSA) is 6.48 Å². The molecule has 0 aromatic carbocycles. The van der Waals surface area contributed by atoms with Gasteiger partial charge in [0.15, 0.2) is 0 Å². The van der Waals surface area contributed by atoms with Crippen LogP contribution in [0.15, 0.2) is 0 Å². The number of hydrogen-bond donors (Lipinski definition) is 1. The molecule has 0 amide bonds. The molecule has 0 radical (unpaired) electrons. The lowest BCUT2D eigenvalue weighted by atomic mass is 10.2. The van der Waals surface area contributed by atoms with Gasteiger partial charge < -0.3 is 9.80 Å². The fourth-order valence-corrected chi connectivity index (χ4v) is 1.64. The van der Waals surface area contributed by atoms with E-state index in [1.54, 1.807) is 0 Å². The summed E-state index contributed by atoms with van der Waals surface area (Å²) in [5.74, 6) is 0. The summed E-state index contributed by atoms with van der Waals surface area (Å²) in [6.07, 6.45) is 1.23. The van der Waals surface area contributed by atoms with Crippen LogP contribution in [-0.4, -0.2) is 55.3 Å². The third-order valence-electron chi connectivity index (χ3n) is 1.80. The maximum absolute atomic E-state index is 4.50. The summed E-state index contributed by atoms with van der Waals surface area (Å²) in [6, 6.07) is 0. The number of thiol groups is 1. The van der Waals surface area contributed by atoms with Crippen molar-refractivity contribution in [3.63, 3.8) is 0 Å². The van der Waals surface area contributed by atoms with Crippen molar-refractivity contribution in [3.05, 3.63) is 0 Å². The van der Waals surface area contributed by atoms with Gasteiger partial charge in [-0.15, -0.1) is 0 Å². The Morgan fingerprint density at radius 2 is 1.62 bits per heavy atom. The monoisotopic (exact) mass is 204 g/mol. The van der Waals surface area contributed by atoms with Crippen LogP contribution in [0.2, 0.25) is 0 Å². The second-order valence-electron chi connectivity index (χ2n) is 4.71. The highest BCUT2D eigenvalue weighted by Crippen LogP contribution is 2.12. The van der Waals surface area contributed by atoms with Gasteiger partial charge in [-0.25, -0.2) is 0 Å². The Bertz CT molecular complexity index is 129. The molecule has 0 saturated heterocycles. The molecule has 0 aromatic rings. The normalized spacial score (nSPS) is 12.9. The van der Waals surface area contributed by atoms with Crippen LogP contribution in [0.5, 0.6) is 0 Å². The lowest BCUT2D eigenvalue weighted by Crippen LogP contribution is -2.33. The molecule has 0 spiro atoms. The predicted octanol–water partition coefficient (Wildman–Crippen LogP) is 1.58. The molecule has 0 saturated carbocycles. The van der Waals surface area contributed by atoms with Gasteiger partial charge in [0.2, 0.25) is 0 Å². The summed E-state index contributed by atoms with van der Waals surface area (Å²) in [5.41, 5.74) is 0. The van der Waals surface area contributed by atoms with Gasteiger partial charge in [0, 0.05) is 11.3 Å². The Kier molecular flexibility index (Phi) is 6.01. The van der Waals surface area contributed by atoms with Gasteiger partial charge >= 0.3 is 0 Å². The quantitative estimate of drug-likeness (QED) is 0.656. The van der Waals surface area contributed by atoms with Gasteiger partial charge in [-0.05, 0) is 54.5 Å². The Balaban J connectivity index is 3.46. The minimum atomic E-state index is 0.118. The maximum Gasteiger partial charge on any atom is 0.0200 e. The Labute approximate surface area is 88.7 Å². The van der Waals surface area contributed by atoms with Crippen LogP contribution in [-0.2, 0) is 0 Å². The minimum Gasteiger partial charge on any atom is -0.309 e. The van der Waals surface area contributed by atoms with Crippen molar-refractivity contribution >= 4 is 12.6 Å². The highest BCUT2D eigenvalue weighted by Gasteiger charge is 2.13. The van der Waals surface area contributed by atoms with Crippen LogP contribution in [0, 0.1) is 0 Å². The molecule has 0 aliphatic rings. The molecule has 0 N–H and O–H groups in total. The van der Waals surface area contributed by atoms with E-state index >= 15 is 0 Å².